The van der Waals surface area contributed by atoms with Crippen LogP contribution >= 0.6 is 11.3 Å². The Morgan fingerprint density at radius 3 is 2.46 bits per heavy atom. The van der Waals surface area contributed by atoms with E-state index in [9.17, 15) is 14.4 Å². The van der Waals surface area contributed by atoms with Crippen LogP contribution in [0.2, 0.25) is 0 Å². The number of hydrogen-bond acceptors (Lipinski definition) is 5. The molecule has 0 aliphatic rings. The largest absolute Gasteiger partial charge is 0.476 e. The molecule has 24 heavy (non-hydrogen) atoms. The van der Waals surface area contributed by atoms with Crippen LogP contribution in [0.5, 0.6) is 0 Å². The van der Waals surface area contributed by atoms with E-state index in [1.807, 2.05) is 19.1 Å². The number of aryl methyl sites for hydroxylation is 1. The fourth-order valence-electron chi connectivity index (χ4n) is 2.05. The molecule has 0 fully saturated rings. The van der Waals surface area contributed by atoms with Gasteiger partial charge in [-0.3, -0.25) is 9.59 Å². The van der Waals surface area contributed by atoms with E-state index in [1.54, 1.807) is 12.1 Å². The third-order valence-corrected chi connectivity index (χ3v) is 4.32. The number of benzene rings is 1. The Kier molecular flexibility index (Phi) is 6.20. The minimum absolute atomic E-state index is 0.0325. The molecular formula is C17H18N2O4S. The smallest absolute Gasteiger partial charge is 0.355 e. The molecule has 1 aromatic heterocycles. The van der Waals surface area contributed by atoms with Crippen LogP contribution in [0.4, 0.5) is 0 Å². The zero-order valence-electron chi connectivity index (χ0n) is 13.2. The number of carboxylic acid groups (broad SMARTS) is 1. The van der Waals surface area contributed by atoms with Crippen LogP contribution in [0, 0.1) is 0 Å². The third-order valence-electron chi connectivity index (χ3n) is 3.47. The molecule has 0 unspecified atom stereocenters. The second-order valence-electron chi connectivity index (χ2n) is 5.18. The summed E-state index contributed by atoms with van der Waals surface area (Å²) in [6.45, 7) is 2.21. The molecule has 1 heterocycles. The zero-order chi connectivity index (χ0) is 17.5. The van der Waals surface area contributed by atoms with Gasteiger partial charge >= 0.3 is 5.97 Å². The Labute approximate surface area is 143 Å². The van der Waals surface area contributed by atoms with Crippen molar-refractivity contribution in [1.29, 1.82) is 0 Å². The number of aromatic carboxylic acids is 1. The van der Waals surface area contributed by atoms with E-state index < -0.39 is 5.97 Å². The molecule has 0 aliphatic heterocycles. The van der Waals surface area contributed by atoms with Gasteiger partial charge in [0.2, 0.25) is 5.91 Å². The molecular weight excluding hydrogens is 328 g/mol. The summed E-state index contributed by atoms with van der Waals surface area (Å²) in [5.41, 5.74) is 1.73. The molecule has 126 valence electrons. The lowest BCUT2D eigenvalue weighted by Gasteiger charge is -2.04. The van der Waals surface area contributed by atoms with Crippen molar-refractivity contribution in [3.63, 3.8) is 0 Å². The lowest BCUT2D eigenvalue weighted by Crippen LogP contribution is -2.23. The van der Waals surface area contributed by atoms with Crippen molar-refractivity contribution >= 4 is 29.0 Å². The summed E-state index contributed by atoms with van der Waals surface area (Å²) in [4.78, 5) is 38.4. The van der Waals surface area contributed by atoms with Crippen molar-refractivity contribution < 1.29 is 19.5 Å². The molecule has 0 bridgehead atoms. The lowest BCUT2D eigenvalue weighted by atomic mass is 10.0. The van der Waals surface area contributed by atoms with Gasteiger partial charge in [-0.1, -0.05) is 31.2 Å². The van der Waals surface area contributed by atoms with E-state index in [0.717, 1.165) is 12.0 Å². The number of Topliss-reactive ketones (excluding diaryl/α,β-unsaturated/α-hetero) is 1. The van der Waals surface area contributed by atoms with E-state index in [0.29, 0.717) is 10.6 Å². The first-order valence-corrected chi connectivity index (χ1v) is 8.44. The van der Waals surface area contributed by atoms with E-state index >= 15 is 0 Å². The maximum atomic E-state index is 12.0. The monoisotopic (exact) mass is 346 g/mol. The van der Waals surface area contributed by atoms with E-state index in [4.69, 9.17) is 5.11 Å². The summed E-state index contributed by atoms with van der Waals surface area (Å²) in [6.07, 6.45) is 1.14. The molecule has 0 radical (unpaired) electrons. The summed E-state index contributed by atoms with van der Waals surface area (Å²) < 4.78 is 0. The number of carbonyl (C=O) groups is 3. The highest BCUT2D eigenvalue weighted by Gasteiger charge is 2.11. The van der Waals surface area contributed by atoms with Gasteiger partial charge in [0.05, 0.1) is 6.54 Å². The molecule has 2 N–H and O–H groups in total. The molecule has 0 saturated carbocycles. The number of nitrogens with zero attached hydrogens (tertiary/aromatic N) is 1. The highest BCUT2D eigenvalue weighted by atomic mass is 32.1. The quantitative estimate of drug-likeness (QED) is 0.716. The van der Waals surface area contributed by atoms with Gasteiger partial charge in [0.15, 0.2) is 11.5 Å². The Hall–Kier alpha value is -2.54. The van der Waals surface area contributed by atoms with E-state index in [1.165, 1.54) is 16.7 Å². The van der Waals surface area contributed by atoms with Gasteiger partial charge in [0.25, 0.3) is 0 Å². The Morgan fingerprint density at radius 2 is 1.88 bits per heavy atom. The van der Waals surface area contributed by atoms with Crippen LogP contribution in [0.15, 0.2) is 29.6 Å². The highest BCUT2D eigenvalue weighted by molar-refractivity contribution is 7.09. The SMILES string of the molecule is CCc1ccc(C(=O)CCC(=O)NCc2nc(C(=O)O)cs2)cc1. The van der Waals surface area contributed by atoms with Crippen LogP contribution < -0.4 is 5.32 Å². The first-order valence-electron chi connectivity index (χ1n) is 7.56. The first kappa shape index (κ1) is 17.8. The van der Waals surface area contributed by atoms with Crippen LogP contribution in [-0.2, 0) is 17.8 Å². The second-order valence-corrected chi connectivity index (χ2v) is 6.12. The van der Waals surface area contributed by atoms with Gasteiger partial charge in [-0.25, -0.2) is 9.78 Å². The number of amides is 1. The fraction of sp³-hybridized carbons (Fsp3) is 0.294. The molecule has 6 nitrogen and oxygen atoms in total. The standard InChI is InChI=1S/C17H18N2O4S/c1-2-11-3-5-12(6-4-11)14(20)7-8-15(21)18-9-16-19-13(10-24-16)17(22)23/h3-6,10H,2,7-9H2,1H3,(H,18,21)(H,22,23). The number of carbonyl (C=O) groups excluding carboxylic acids is 2. The first-order chi connectivity index (χ1) is 11.5. The van der Waals surface area contributed by atoms with Crippen LogP contribution in [0.3, 0.4) is 0 Å². The van der Waals surface area contributed by atoms with Crippen molar-refractivity contribution in [2.24, 2.45) is 0 Å². The number of ketones is 1. The summed E-state index contributed by atoms with van der Waals surface area (Å²) in [5.74, 6) is -1.43. The van der Waals surface area contributed by atoms with Gasteiger partial charge in [-0.2, -0.15) is 0 Å². The minimum atomic E-state index is -1.09. The molecule has 0 atom stereocenters. The summed E-state index contributed by atoms with van der Waals surface area (Å²) in [7, 11) is 0. The minimum Gasteiger partial charge on any atom is -0.476 e. The molecule has 2 aromatic rings. The van der Waals surface area contributed by atoms with E-state index in [2.05, 4.69) is 10.3 Å². The normalized spacial score (nSPS) is 10.4. The third kappa shape index (κ3) is 4.99. The Bertz CT molecular complexity index is 737. The van der Waals surface area contributed by atoms with Gasteiger partial charge in [0.1, 0.15) is 5.01 Å². The van der Waals surface area contributed by atoms with Gasteiger partial charge in [0, 0.05) is 23.8 Å². The Balaban J connectivity index is 1.77. The predicted octanol–water partition coefficient (Wildman–Crippen LogP) is 2.68. The predicted molar refractivity (Wildman–Crippen MR) is 90.3 cm³/mol. The second kappa shape index (κ2) is 8.35. The van der Waals surface area contributed by atoms with E-state index in [-0.39, 0.29) is 36.8 Å². The van der Waals surface area contributed by atoms with Crippen LogP contribution in [-0.4, -0.2) is 27.8 Å². The van der Waals surface area contributed by atoms with Crippen molar-refractivity contribution in [3.8, 4) is 0 Å². The van der Waals surface area contributed by atoms with Crippen molar-refractivity contribution in [2.75, 3.05) is 0 Å². The number of aromatic nitrogens is 1. The maximum absolute atomic E-state index is 12.0. The highest BCUT2D eigenvalue weighted by Crippen LogP contribution is 2.11. The summed E-state index contributed by atoms with van der Waals surface area (Å²) >= 11 is 1.17. The molecule has 1 amide bonds. The summed E-state index contributed by atoms with van der Waals surface area (Å²) in [6, 6.07) is 7.38. The zero-order valence-corrected chi connectivity index (χ0v) is 14.1. The number of nitrogens with one attached hydrogen (secondary N) is 1. The molecule has 7 heteroatoms. The molecule has 0 saturated heterocycles. The number of carboxylic acids is 1. The fourth-order valence-corrected chi connectivity index (χ4v) is 2.76. The molecule has 0 spiro atoms. The summed E-state index contributed by atoms with van der Waals surface area (Å²) in [5, 5.41) is 13.4. The molecule has 1 aromatic carbocycles. The lowest BCUT2D eigenvalue weighted by molar-refractivity contribution is -0.121. The van der Waals surface area contributed by atoms with Gasteiger partial charge in [-0.15, -0.1) is 11.3 Å². The van der Waals surface area contributed by atoms with Crippen LogP contribution in [0.1, 0.15) is 51.2 Å². The topological polar surface area (TPSA) is 96.4 Å². The average Bonchev–Trinajstić information content (AvgIpc) is 3.07. The van der Waals surface area contributed by atoms with Crippen molar-refractivity contribution in [1.82, 2.24) is 10.3 Å². The van der Waals surface area contributed by atoms with Crippen LogP contribution in [0.25, 0.3) is 0 Å². The molecule has 0 aliphatic carbocycles. The number of hydrogen-bond donors (Lipinski definition) is 2. The molecule has 2 rings (SSSR count). The van der Waals surface area contributed by atoms with Crippen molar-refractivity contribution in [3.05, 3.63) is 51.5 Å². The number of thiazole rings is 1. The Morgan fingerprint density at radius 1 is 1.17 bits per heavy atom. The van der Waals surface area contributed by atoms with Crippen molar-refractivity contribution in [2.45, 2.75) is 32.7 Å². The maximum Gasteiger partial charge on any atom is 0.355 e. The van der Waals surface area contributed by atoms with Gasteiger partial charge in [-0.05, 0) is 12.0 Å². The average molecular weight is 346 g/mol. The van der Waals surface area contributed by atoms with Gasteiger partial charge < -0.3 is 10.4 Å². The number of rotatable bonds is 8.